The van der Waals surface area contributed by atoms with E-state index >= 15 is 0 Å². The van der Waals surface area contributed by atoms with Gasteiger partial charge in [0.25, 0.3) is 0 Å². The zero-order valence-electron chi connectivity index (χ0n) is 10.5. The molecular weight excluding hydrogens is 316 g/mol. The van der Waals surface area contributed by atoms with E-state index < -0.39 is 46.1 Å². The monoisotopic (exact) mass is 330 g/mol. The molecule has 2 unspecified atom stereocenters. The minimum absolute atomic E-state index is 0.157. The Kier molecular flexibility index (Phi) is 4.67. The lowest BCUT2D eigenvalue weighted by atomic mass is 10.00. The largest absolute Gasteiger partial charge is 0.528 e. The van der Waals surface area contributed by atoms with E-state index in [4.69, 9.17) is 0 Å². The van der Waals surface area contributed by atoms with E-state index in [1.165, 1.54) is 6.92 Å². The fourth-order valence-electron chi connectivity index (χ4n) is 2.29. The van der Waals surface area contributed by atoms with Gasteiger partial charge in [0.05, 0.1) is 0 Å². The summed E-state index contributed by atoms with van der Waals surface area (Å²) in [6.45, 7) is -1.10. The first-order valence-corrected chi connectivity index (χ1v) is 7.12. The maximum absolute atomic E-state index is 12.5. The molecule has 1 heterocycles. The highest BCUT2D eigenvalue weighted by Crippen LogP contribution is 2.34. The van der Waals surface area contributed by atoms with Gasteiger partial charge in [-0.2, -0.15) is 39.4 Å². The Labute approximate surface area is 112 Å². The Morgan fingerprint density at radius 2 is 1.75 bits per heavy atom. The standard InChI is InChI=1S/C9H14F6NO3S/c1-7-3-2-4-16(5-7,6-8(10,11)12)19-20(17,18)9(13,14)15/h7H,2-6H2,1H3/q+1. The number of rotatable bonds is 3. The number of nitrogens with zero attached hydrogens (tertiary/aromatic N) is 1. The topological polar surface area (TPSA) is 43.4 Å². The summed E-state index contributed by atoms with van der Waals surface area (Å²) in [5, 5.41) is 0. The molecule has 0 spiro atoms. The first-order valence-electron chi connectivity index (χ1n) is 5.72. The van der Waals surface area contributed by atoms with Crippen molar-refractivity contribution < 1.29 is 43.7 Å². The van der Waals surface area contributed by atoms with E-state index in [-0.39, 0.29) is 12.3 Å². The highest BCUT2D eigenvalue weighted by atomic mass is 32.2. The number of hydroxylamine groups is 3. The van der Waals surface area contributed by atoms with E-state index in [1.807, 2.05) is 0 Å². The van der Waals surface area contributed by atoms with Gasteiger partial charge in [0.2, 0.25) is 6.54 Å². The van der Waals surface area contributed by atoms with Crippen LogP contribution in [0.2, 0.25) is 0 Å². The second-order valence-corrected chi connectivity index (χ2v) is 6.48. The normalized spacial score (nSPS) is 29.4. The van der Waals surface area contributed by atoms with Crippen LogP contribution in [-0.2, 0) is 14.4 Å². The van der Waals surface area contributed by atoms with Crippen molar-refractivity contribution in [1.29, 1.82) is 0 Å². The van der Waals surface area contributed by atoms with Crippen molar-refractivity contribution in [2.45, 2.75) is 31.5 Å². The molecule has 1 saturated heterocycles. The number of halogens is 6. The van der Waals surface area contributed by atoms with Crippen LogP contribution in [0, 0.1) is 5.92 Å². The Morgan fingerprint density at radius 1 is 1.20 bits per heavy atom. The summed E-state index contributed by atoms with van der Waals surface area (Å²) < 4.78 is 98.7. The summed E-state index contributed by atoms with van der Waals surface area (Å²) in [5.74, 6) is -0.366. The zero-order valence-corrected chi connectivity index (χ0v) is 11.3. The van der Waals surface area contributed by atoms with Gasteiger partial charge in [0.1, 0.15) is 13.1 Å². The van der Waals surface area contributed by atoms with Gasteiger partial charge in [0, 0.05) is 5.92 Å². The van der Waals surface area contributed by atoms with Crippen molar-refractivity contribution in [2.75, 3.05) is 19.6 Å². The van der Waals surface area contributed by atoms with Crippen LogP contribution >= 0.6 is 0 Å². The minimum atomic E-state index is -6.08. The predicted molar refractivity (Wildman–Crippen MR) is 55.4 cm³/mol. The summed E-state index contributed by atoms with van der Waals surface area (Å²) in [4.78, 5) is 0. The second kappa shape index (κ2) is 5.34. The lowest BCUT2D eigenvalue weighted by Crippen LogP contribution is -2.59. The number of hydrogen-bond acceptors (Lipinski definition) is 3. The summed E-state index contributed by atoms with van der Waals surface area (Å²) in [6.07, 6.45) is -4.17. The van der Waals surface area contributed by atoms with Crippen molar-refractivity contribution in [1.82, 2.24) is 0 Å². The summed E-state index contributed by atoms with van der Waals surface area (Å²) in [5.41, 5.74) is -5.75. The molecule has 120 valence electrons. The molecule has 0 aromatic carbocycles. The van der Waals surface area contributed by atoms with Crippen LogP contribution in [0.3, 0.4) is 0 Å². The Morgan fingerprint density at radius 3 is 2.15 bits per heavy atom. The molecule has 1 aliphatic rings. The molecule has 0 bridgehead atoms. The molecule has 1 rings (SSSR count). The molecule has 2 atom stereocenters. The molecule has 0 aromatic heterocycles. The number of quaternary nitrogens is 1. The van der Waals surface area contributed by atoms with Crippen LogP contribution in [-0.4, -0.2) is 44.4 Å². The highest BCUT2D eigenvalue weighted by molar-refractivity contribution is 7.87. The van der Waals surface area contributed by atoms with E-state index in [9.17, 15) is 34.8 Å². The smallest absolute Gasteiger partial charge is 0.185 e. The molecule has 0 saturated carbocycles. The Hall–Kier alpha value is -0.550. The second-order valence-electron chi connectivity index (χ2n) is 4.96. The molecule has 20 heavy (non-hydrogen) atoms. The van der Waals surface area contributed by atoms with E-state index in [2.05, 4.69) is 4.28 Å². The lowest BCUT2D eigenvalue weighted by molar-refractivity contribution is -1.09. The van der Waals surface area contributed by atoms with Crippen molar-refractivity contribution in [3.63, 3.8) is 0 Å². The third kappa shape index (κ3) is 4.48. The third-order valence-corrected chi connectivity index (χ3v) is 3.99. The van der Waals surface area contributed by atoms with Crippen molar-refractivity contribution in [3.05, 3.63) is 0 Å². The predicted octanol–water partition coefficient (Wildman–Crippen LogP) is 2.58. The first kappa shape index (κ1) is 17.5. The summed E-state index contributed by atoms with van der Waals surface area (Å²) in [7, 11) is -6.08. The van der Waals surface area contributed by atoms with Crippen LogP contribution in [0.15, 0.2) is 0 Å². The first-order chi connectivity index (χ1) is 8.77. The third-order valence-electron chi connectivity index (χ3n) is 2.91. The zero-order chi connectivity index (χ0) is 15.8. The van der Waals surface area contributed by atoms with Gasteiger partial charge < -0.3 is 0 Å². The van der Waals surface area contributed by atoms with Crippen LogP contribution in [0.25, 0.3) is 0 Å². The van der Waals surface area contributed by atoms with Gasteiger partial charge in [-0.1, -0.05) is 11.2 Å². The lowest BCUT2D eigenvalue weighted by Gasteiger charge is -2.39. The number of alkyl halides is 6. The molecule has 0 amide bonds. The maximum Gasteiger partial charge on any atom is 0.528 e. The summed E-state index contributed by atoms with van der Waals surface area (Å²) in [6, 6.07) is 0. The molecule has 0 aromatic rings. The quantitative estimate of drug-likeness (QED) is 0.454. The SMILES string of the molecule is CC1CCC[N+](CC(F)(F)F)(OS(=O)(=O)C(F)(F)F)C1. The number of hydrogen-bond donors (Lipinski definition) is 0. The molecule has 0 aliphatic carbocycles. The van der Waals surface area contributed by atoms with Gasteiger partial charge in [-0.3, -0.25) is 0 Å². The molecule has 1 fully saturated rings. The highest BCUT2D eigenvalue weighted by Gasteiger charge is 2.57. The van der Waals surface area contributed by atoms with Gasteiger partial charge in [-0.25, -0.2) is 0 Å². The fourth-order valence-corrected chi connectivity index (χ4v) is 2.98. The van der Waals surface area contributed by atoms with Crippen LogP contribution < -0.4 is 0 Å². The van der Waals surface area contributed by atoms with Gasteiger partial charge in [0.15, 0.2) is 0 Å². The minimum Gasteiger partial charge on any atom is -0.185 e. The Balaban J connectivity index is 3.06. The molecule has 0 N–H and O–H groups in total. The number of likely N-dealkylation sites (tertiary alicyclic amines) is 1. The van der Waals surface area contributed by atoms with E-state index in [0.29, 0.717) is 6.42 Å². The van der Waals surface area contributed by atoms with Crippen LogP contribution in [0.1, 0.15) is 19.8 Å². The van der Waals surface area contributed by atoms with Crippen molar-refractivity contribution >= 4 is 10.1 Å². The maximum atomic E-state index is 12.5. The van der Waals surface area contributed by atoms with E-state index in [0.717, 1.165) is 0 Å². The summed E-state index contributed by atoms with van der Waals surface area (Å²) >= 11 is 0. The molecule has 11 heteroatoms. The van der Waals surface area contributed by atoms with Gasteiger partial charge in [-0.15, -0.1) is 0 Å². The molecular formula is C9H14F6NO3S+. The van der Waals surface area contributed by atoms with E-state index in [1.54, 1.807) is 0 Å². The molecule has 0 radical (unpaired) electrons. The number of piperidine rings is 1. The fraction of sp³-hybridized carbons (Fsp3) is 1.00. The average molecular weight is 330 g/mol. The Bertz CT molecular complexity index is 446. The van der Waals surface area contributed by atoms with Crippen LogP contribution in [0.5, 0.6) is 0 Å². The van der Waals surface area contributed by atoms with Crippen LogP contribution in [0.4, 0.5) is 26.3 Å². The molecule has 1 aliphatic heterocycles. The van der Waals surface area contributed by atoms with Gasteiger partial charge in [-0.05, 0) is 12.8 Å². The average Bonchev–Trinajstić information content (AvgIpc) is 2.10. The van der Waals surface area contributed by atoms with Gasteiger partial charge >= 0.3 is 21.8 Å². The molecule has 4 nitrogen and oxygen atoms in total. The van der Waals surface area contributed by atoms with Crippen molar-refractivity contribution in [3.8, 4) is 0 Å². The van der Waals surface area contributed by atoms with Crippen molar-refractivity contribution in [2.24, 2.45) is 5.92 Å².